The van der Waals surface area contributed by atoms with Crippen LogP contribution in [-0.2, 0) is 11.2 Å². The van der Waals surface area contributed by atoms with Crippen LogP contribution >= 0.6 is 11.6 Å². The van der Waals surface area contributed by atoms with Gasteiger partial charge in [-0.25, -0.2) is 0 Å². The summed E-state index contributed by atoms with van der Waals surface area (Å²) in [5, 5.41) is 4.30. The second kappa shape index (κ2) is 5.20. The number of benzene rings is 1. The number of ether oxygens (including phenoxy) is 1. The number of piperidine rings is 1. The first-order valence-corrected chi connectivity index (χ1v) is 7.23. The molecule has 2 aliphatic rings. The van der Waals surface area contributed by atoms with Crippen LogP contribution in [0.25, 0.3) is 0 Å². The summed E-state index contributed by atoms with van der Waals surface area (Å²) in [5.41, 5.74) is 1.43. The van der Waals surface area contributed by atoms with Crippen LogP contribution in [0.3, 0.4) is 0 Å². The minimum Gasteiger partial charge on any atom is -0.375 e. The maximum absolute atomic E-state index is 6.23. The zero-order chi connectivity index (χ0) is 12.4. The van der Waals surface area contributed by atoms with E-state index in [-0.39, 0.29) is 5.60 Å². The van der Waals surface area contributed by atoms with E-state index in [1.54, 1.807) is 0 Å². The van der Waals surface area contributed by atoms with Crippen LogP contribution in [0, 0.1) is 5.92 Å². The Morgan fingerprint density at radius 1 is 1.28 bits per heavy atom. The second-order valence-electron chi connectivity index (χ2n) is 5.61. The van der Waals surface area contributed by atoms with Gasteiger partial charge in [0, 0.05) is 5.02 Å². The molecule has 2 aliphatic heterocycles. The standard InChI is InChI=1S/C15H20ClNO/c16-14-4-2-1-3-13(14)9-12-10-15(18-11-12)5-7-17-8-6-15/h1-4,12,17H,5-11H2/t12-/m1/s1. The maximum Gasteiger partial charge on any atom is 0.0710 e. The van der Waals surface area contributed by atoms with E-state index in [1.807, 2.05) is 12.1 Å². The maximum atomic E-state index is 6.23. The van der Waals surface area contributed by atoms with Crippen molar-refractivity contribution in [1.82, 2.24) is 5.32 Å². The van der Waals surface area contributed by atoms with Gasteiger partial charge in [0.15, 0.2) is 0 Å². The van der Waals surface area contributed by atoms with E-state index in [1.165, 1.54) is 12.0 Å². The van der Waals surface area contributed by atoms with Crippen LogP contribution in [0.15, 0.2) is 24.3 Å². The molecule has 18 heavy (non-hydrogen) atoms. The highest BCUT2D eigenvalue weighted by Crippen LogP contribution is 2.38. The highest BCUT2D eigenvalue weighted by atomic mass is 35.5. The van der Waals surface area contributed by atoms with E-state index in [2.05, 4.69) is 17.4 Å². The Morgan fingerprint density at radius 3 is 2.83 bits per heavy atom. The molecule has 0 unspecified atom stereocenters. The van der Waals surface area contributed by atoms with Crippen molar-refractivity contribution < 1.29 is 4.74 Å². The molecule has 1 N–H and O–H groups in total. The van der Waals surface area contributed by atoms with Crippen LogP contribution in [0.5, 0.6) is 0 Å². The Morgan fingerprint density at radius 2 is 2.06 bits per heavy atom. The van der Waals surface area contributed by atoms with Gasteiger partial charge in [-0.3, -0.25) is 0 Å². The molecule has 98 valence electrons. The fourth-order valence-electron chi connectivity index (χ4n) is 3.28. The van der Waals surface area contributed by atoms with Gasteiger partial charge >= 0.3 is 0 Å². The number of hydrogen-bond donors (Lipinski definition) is 1. The molecule has 1 aromatic carbocycles. The van der Waals surface area contributed by atoms with Crippen LogP contribution in [0.1, 0.15) is 24.8 Å². The van der Waals surface area contributed by atoms with Gasteiger partial charge in [-0.2, -0.15) is 0 Å². The van der Waals surface area contributed by atoms with Crippen molar-refractivity contribution in [2.24, 2.45) is 5.92 Å². The van der Waals surface area contributed by atoms with E-state index in [4.69, 9.17) is 16.3 Å². The monoisotopic (exact) mass is 265 g/mol. The Hall–Kier alpha value is -0.570. The summed E-state index contributed by atoms with van der Waals surface area (Å²) < 4.78 is 6.12. The molecule has 1 atom stereocenters. The zero-order valence-electron chi connectivity index (χ0n) is 10.6. The van der Waals surface area contributed by atoms with Gasteiger partial charge in [0.2, 0.25) is 0 Å². The predicted octanol–water partition coefficient (Wildman–Crippen LogP) is 3.04. The zero-order valence-corrected chi connectivity index (χ0v) is 11.4. The van der Waals surface area contributed by atoms with Gasteiger partial charge in [-0.05, 0) is 56.3 Å². The minimum absolute atomic E-state index is 0.164. The lowest BCUT2D eigenvalue weighted by Gasteiger charge is -2.33. The van der Waals surface area contributed by atoms with Crippen molar-refractivity contribution in [2.75, 3.05) is 19.7 Å². The summed E-state index contributed by atoms with van der Waals surface area (Å²) in [7, 11) is 0. The van der Waals surface area contributed by atoms with E-state index >= 15 is 0 Å². The summed E-state index contributed by atoms with van der Waals surface area (Å²) in [6.07, 6.45) is 4.56. The van der Waals surface area contributed by atoms with Crippen LogP contribution in [-0.4, -0.2) is 25.3 Å². The van der Waals surface area contributed by atoms with Crippen molar-refractivity contribution in [3.8, 4) is 0 Å². The Balaban J connectivity index is 1.64. The molecule has 0 bridgehead atoms. The number of rotatable bonds is 2. The molecule has 2 heterocycles. The summed E-state index contributed by atoms with van der Waals surface area (Å²) >= 11 is 6.23. The molecule has 3 heteroatoms. The quantitative estimate of drug-likeness (QED) is 0.888. The van der Waals surface area contributed by atoms with Crippen molar-refractivity contribution >= 4 is 11.6 Å². The summed E-state index contributed by atoms with van der Waals surface area (Å²) in [6.45, 7) is 3.09. The van der Waals surface area contributed by atoms with E-state index in [0.29, 0.717) is 5.92 Å². The third kappa shape index (κ3) is 2.56. The van der Waals surface area contributed by atoms with Crippen LogP contribution in [0.4, 0.5) is 0 Å². The Bertz CT molecular complexity index is 415. The van der Waals surface area contributed by atoms with Gasteiger partial charge < -0.3 is 10.1 Å². The molecular formula is C15H20ClNO. The molecular weight excluding hydrogens is 246 g/mol. The highest BCUT2D eigenvalue weighted by Gasteiger charge is 2.40. The van der Waals surface area contributed by atoms with Crippen molar-refractivity contribution in [2.45, 2.75) is 31.3 Å². The van der Waals surface area contributed by atoms with Crippen molar-refractivity contribution in [3.05, 3.63) is 34.9 Å². The van der Waals surface area contributed by atoms with E-state index in [0.717, 1.165) is 44.0 Å². The molecule has 1 spiro atoms. The first kappa shape index (κ1) is 12.5. The molecule has 0 radical (unpaired) electrons. The van der Waals surface area contributed by atoms with Crippen molar-refractivity contribution in [3.63, 3.8) is 0 Å². The first-order chi connectivity index (χ1) is 8.77. The smallest absolute Gasteiger partial charge is 0.0710 e. The predicted molar refractivity (Wildman–Crippen MR) is 74.0 cm³/mol. The lowest BCUT2D eigenvalue weighted by molar-refractivity contribution is -0.0196. The number of hydrogen-bond acceptors (Lipinski definition) is 2. The van der Waals surface area contributed by atoms with Crippen LogP contribution < -0.4 is 5.32 Å². The van der Waals surface area contributed by atoms with Gasteiger partial charge in [-0.1, -0.05) is 29.8 Å². The lowest BCUT2D eigenvalue weighted by atomic mass is 9.84. The molecule has 0 aromatic heterocycles. The van der Waals surface area contributed by atoms with Crippen LogP contribution in [0.2, 0.25) is 5.02 Å². The SMILES string of the molecule is Clc1ccccc1C[C@H]1COC2(CCNCC2)C1. The van der Waals surface area contributed by atoms with Gasteiger partial charge in [0.1, 0.15) is 0 Å². The second-order valence-corrected chi connectivity index (χ2v) is 6.02. The third-order valence-electron chi connectivity index (χ3n) is 4.27. The van der Waals surface area contributed by atoms with Gasteiger partial charge in [-0.15, -0.1) is 0 Å². The Labute approximate surface area is 114 Å². The normalized spacial score (nSPS) is 26.6. The topological polar surface area (TPSA) is 21.3 Å². The largest absolute Gasteiger partial charge is 0.375 e. The van der Waals surface area contributed by atoms with Gasteiger partial charge in [0.25, 0.3) is 0 Å². The Kier molecular flexibility index (Phi) is 3.60. The lowest BCUT2D eigenvalue weighted by Crippen LogP contribution is -2.41. The summed E-state index contributed by atoms with van der Waals surface area (Å²) in [4.78, 5) is 0. The fourth-order valence-corrected chi connectivity index (χ4v) is 3.49. The molecule has 0 aliphatic carbocycles. The fraction of sp³-hybridized carbons (Fsp3) is 0.600. The number of nitrogens with one attached hydrogen (secondary N) is 1. The molecule has 2 fully saturated rings. The molecule has 1 aromatic rings. The number of halogens is 1. The average molecular weight is 266 g/mol. The third-order valence-corrected chi connectivity index (χ3v) is 4.64. The summed E-state index contributed by atoms with van der Waals surface area (Å²) in [6, 6.07) is 8.17. The first-order valence-electron chi connectivity index (χ1n) is 6.86. The average Bonchev–Trinajstić information content (AvgIpc) is 2.76. The molecule has 0 saturated carbocycles. The molecule has 0 amide bonds. The summed E-state index contributed by atoms with van der Waals surface area (Å²) in [5.74, 6) is 0.628. The van der Waals surface area contributed by atoms with E-state index < -0.39 is 0 Å². The van der Waals surface area contributed by atoms with Crippen molar-refractivity contribution in [1.29, 1.82) is 0 Å². The minimum atomic E-state index is 0.164. The molecule has 3 rings (SSSR count). The van der Waals surface area contributed by atoms with E-state index in [9.17, 15) is 0 Å². The highest BCUT2D eigenvalue weighted by molar-refractivity contribution is 6.31. The van der Waals surface area contributed by atoms with Gasteiger partial charge in [0.05, 0.1) is 12.2 Å². The molecule has 2 saturated heterocycles. The molecule has 2 nitrogen and oxygen atoms in total.